The SMILES string of the molecule is CC1CCCCN1S(=O)(=O)c1ccc(C(=O)N(CCN(C)C)c2nc3ccc(F)cc3s2)cc1. The predicted molar refractivity (Wildman–Crippen MR) is 133 cm³/mol. The number of nitrogens with zero attached hydrogens (tertiary/aromatic N) is 4. The molecular weight excluding hydrogens is 475 g/mol. The summed E-state index contributed by atoms with van der Waals surface area (Å²) in [5.74, 6) is -0.634. The molecule has 0 spiro atoms. The predicted octanol–water partition coefficient (Wildman–Crippen LogP) is 4.21. The maximum atomic E-state index is 13.7. The quantitative estimate of drug-likeness (QED) is 0.482. The van der Waals surface area contributed by atoms with Crippen LogP contribution in [0.1, 0.15) is 36.5 Å². The van der Waals surface area contributed by atoms with E-state index in [4.69, 9.17) is 0 Å². The Morgan fingerprint density at radius 2 is 1.88 bits per heavy atom. The Bertz CT molecular complexity index is 1280. The number of carbonyl (C=O) groups excluding carboxylic acids is 1. The van der Waals surface area contributed by atoms with Crippen LogP contribution in [0.2, 0.25) is 0 Å². The van der Waals surface area contributed by atoms with Gasteiger partial charge in [-0.2, -0.15) is 4.31 Å². The van der Waals surface area contributed by atoms with Crippen LogP contribution in [0.5, 0.6) is 0 Å². The van der Waals surface area contributed by atoms with E-state index in [9.17, 15) is 17.6 Å². The van der Waals surface area contributed by atoms with Gasteiger partial charge in [0.2, 0.25) is 10.0 Å². The van der Waals surface area contributed by atoms with Gasteiger partial charge in [0.25, 0.3) is 5.91 Å². The Morgan fingerprint density at radius 1 is 1.15 bits per heavy atom. The number of sulfonamides is 1. The number of aromatic nitrogens is 1. The lowest BCUT2D eigenvalue weighted by molar-refractivity contribution is 0.0985. The molecule has 34 heavy (non-hydrogen) atoms. The summed E-state index contributed by atoms with van der Waals surface area (Å²) in [5, 5.41) is 0.478. The number of hydrogen-bond donors (Lipinski definition) is 0. The third-order valence-electron chi connectivity index (χ3n) is 6.04. The first kappa shape index (κ1) is 24.7. The molecular formula is C24H29FN4O3S2. The molecule has 0 radical (unpaired) electrons. The lowest BCUT2D eigenvalue weighted by atomic mass is 10.1. The number of fused-ring (bicyclic) bond motifs is 1. The van der Waals surface area contributed by atoms with Crippen molar-refractivity contribution in [2.75, 3.05) is 38.6 Å². The molecule has 1 aromatic heterocycles. The van der Waals surface area contributed by atoms with Crippen LogP contribution in [0.25, 0.3) is 10.2 Å². The molecule has 2 heterocycles. The van der Waals surface area contributed by atoms with E-state index >= 15 is 0 Å². The number of likely N-dealkylation sites (N-methyl/N-ethyl adjacent to an activating group) is 1. The van der Waals surface area contributed by atoms with Crippen molar-refractivity contribution >= 4 is 42.6 Å². The molecule has 4 rings (SSSR count). The van der Waals surface area contributed by atoms with E-state index < -0.39 is 10.0 Å². The van der Waals surface area contributed by atoms with Gasteiger partial charge in [-0.05, 0) is 76.3 Å². The molecule has 1 aliphatic heterocycles. The number of hydrogen-bond acceptors (Lipinski definition) is 6. The molecule has 1 aliphatic rings. The number of thiazole rings is 1. The molecule has 1 unspecified atom stereocenters. The van der Waals surface area contributed by atoms with Gasteiger partial charge in [-0.1, -0.05) is 17.8 Å². The lowest BCUT2D eigenvalue weighted by Crippen LogP contribution is -2.41. The first-order valence-corrected chi connectivity index (χ1v) is 13.6. The minimum Gasteiger partial charge on any atom is -0.308 e. The summed E-state index contributed by atoms with van der Waals surface area (Å²) >= 11 is 1.25. The van der Waals surface area contributed by atoms with Crippen LogP contribution in [0.3, 0.4) is 0 Å². The molecule has 0 bridgehead atoms. The van der Waals surface area contributed by atoms with Crippen LogP contribution < -0.4 is 4.90 Å². The highest BCUT2D eigenvalue weighted by atomic mass is 32.2. The maximum absolute atomic E-state index is 13.7. The van der Waals surface area contributed by atoms with Gasteiger partial charge in [-0.25, -0.2) is 17.8 Å². The second kappa shape index (κ2) is 10.1. The van der Waals surface area contributed by atoms with Gasteiger partial charge < -0.3 is 4.90 Å². The topological polar surface area (TPSA) is 73.8 Å². The van der Waals surface area contributed by atoms with Crippen molar-refractivity contribution in [3.05, 3.63) is 53.8 Å². The van der Waals surface area contributed by atoms with E-state index in [0.717, 1.165) is 19.3 Å². The summed E-state index contributed by atoms with van der Waals surface area (Å²) < 4.78 is 42.1. The van der Waals surface area contributed by atoms with Gasteiger partial charge in [0.05, 0.1) is 15.1 Å². The van der Waals surface area contributed by atoms with Gasteiger partial charge in [-0.3, -0.25) is 9.69 Å². The second-order valence-corrected chi connectivity index (χ2v) is 11.8. The fraction of sp³-hybridized carbons (Fsp3) is 0.417. The van der Waals surface area contributed by atoms with Crippen LogP contribution in [-0.4, -0.2) is 68.3 Å². The van der Waals surface area contributed by atoms with E-state index in [-0.39, 0.29) is 22.7 Å². The molecule has 0 N–H and O–H groups in total. The summed E-state index contributed by atoms with van der Waals surface area (Å²) in [6.45, 7) is 3.44. The van der Waals surface area contributed by atoms with Gasteiger partial charge in [0.1, 0.15) is 5.82 Å². The van der Waals surface area contributed by atoms with Crippen LogP contribution in [0.4, 0.5) is 9.52 Å². The fourth-order valence-corrected chi connectivity index (χ4v) is 6.79. The molecule has 1 fully saturated rings. The first-order valence-electron chi connectivity index (χ1n) is 11.3. The van der Waals surface area contributed by atoms with Crippen molar-refractivity contribution in [1.29, 1.82) is 0 Å². The summed E-state index contributed by atoms with van der Waals surface area (Å²) in [6, 6.07) is 10.4. The highest BCUT2D eigenvalue weighted by Crippen LogP contribution is 2.31. The minimum absolute atomic E-state index is 0.0366. The summed E-state index contributed by atoms with van der Waals surface area (Å²) in [6.07, 6.45) is 2.73. The zero-order valence-corrected chi connectivity index (χ0v) is 21.2. The Morgan fingerprint density at radius 3 is 2.56 bits per heavy atom. The number of carbonyl (C=O) groups is 1. The number of rotatable bonds is 7. The Labute approximate surface area is 203 Å². The minimum atomic E-state index is -3.61. The molecule has 1 atom stereocenters. The summed E-state index contributed by atoms with van der Waals surface area (Å²) in [5.41, 5.74) is 0.996. The largest absolute Gasteiger partial charge is 0.308 e. The monoisotopic (exact) mass is 504 g/mol. The standard InChI is InChI=1S/C24H29FN4O3S2/c1-17-6-4-5-13-29(17)34(31,32)20-10-7-18(8-11-20)23(30)28(15-14-27(2)3)24-26-21-12-9-19(25)16-22(21)33-24/h7-12,16-17H,4-6,13-15H2,1-3H3. The Kier molecular flexibility index (Phi) is 7.32. The number of halogens is 1. The first-order chi connectivity index (χ1) is 16.2. The third-order valence-corrected chi connectivity index (χ3v) is 9.10. The maximum Gasteiger partial charge on any atom is 0.260 e. The van der Waals surface area contributed by atoms with Gasteiger partial charge in [-0.15, -0.1) is 0 Å². The Balaban J connectivity index is 1.62. The number of benzene rings is 2. The van der Waals surface area contributed by atoms with Crippen LogP contribution in [0, 0.1) is 5.82 Å². The van der Waals surface area contributed by atoms with E-state index in [1.807, 2.05) is 25.9 Å². The molecule has 0 saturated carbocycles. The zero-order valence-electron chi connectivity index (χ0n) is 19.6. The molecule has 10 heteroatoms. The smallest absolute Gasteiger partial charge is 0.260 e. The molecule has 0 aliphatic carbocycles. The number of anilines is 1. The summed E-state index contributed by atoms with van der Waals surface area (Å²) in [4.78, 5) is 21.7. The fourth-order valence-electron chi connectivity index (χ4n) is 4.08. The number of amides is 1. The van der Waals surface area contributed by atoms with E-state index in [1.54, 1.807) is 27.4 Å². The molecule has 1 saturated heterocycles. The van der Waals surface area contributed by atoms with Gasteiger partial charge >= 0.3 is 0 Å². The van der Waals surface area contributed by atoms with Crippen LogP contribution >= 0.6 is 11.3 Å². The second-order valence-electron chi connectivity index (χ2n) is 8.85. The van der Waals surface area contributed by atoms with Crippen LogP contribution in [0.15, 0.2) is 47.4 Å². The normalized spacial score (nSPS) is 17.4. The molecule has 2 aromatic carbocycles. The van der Waals surface area contributed by atoms with E-state index in [0.29, 0.717) is 40.5 Å². The van der Waals surface area contributed by atoms with Crippen molar-refractivity contribution in [1.82, 2.24) is 14.2 Å². The molecule has 182 valence electrons. The zero-order chi connectivity index (χ0) is 24.5. The summed E-state index contributed by atoms with van der Waals surface area (Å²) in [7, 11) is 0.216. The van der Waals surface area contributed by atoms with Crippen LogP contribution in [-0.2, 0) is 10.0 Å². The molecule has 3 aromatic rings. The van der Waals surface area contributed by atoms with E-state index in [2.05, 4.69) is 4.98 Å². The van der Waals surface area contributed by atoms with Crippen molar-refractivity contribution in [2.45, 2.75) is 37.1 Å². The highest BCUT2D eigenvalue weighted by molar-refractivity contribution is 7.89. The average molecular weight is 505 g/mol. The lowest BCUT2D eigenvalue weighted by Gasteiger charge is -2.32. The number of piperidine rings is 1. The average Bonchev–Trinajstić information content (AvgIpc) is 3.22. The third kappa shape index (κ3) is 5.14. The van der Waals surface area contributed by atoms with Crippen molar-refractivity contribution in [3.63, 3.8) is 0 Å². The van der Waals surface area contributed by atoms with Gasteiger partial charge in [0.15, 0.2) is 5.13 Å². The van der Waals surface area contributed by atoms with Crippen molar-refractivity contribution in [3.8, 4) is 0 Å². The van der Waals surface area contributed by atoms with Crippen molar-refractivity contribution in [2.24, 2.45) is 0 Å². The van der Waals surface area contributed by atoms with Gasteiger partial charge in [0, 0.05) is 31.2 Å². The van der Waals surface area contributed by atoms with E-state index in [1.165, 1.54) is 35.6 Å². The Hall–Kier alpha value is -2.40. The highest BCUT2D eigenvalue weighted by Gasteiger charge is 2.31. The molecule has 1 amide bonds. The van der Waals surface area contributed by atoms with Crippen molar-refractivity contribution < 1.29 is 17.6 Å². The molecule has 7 nitrogen and oxygen atoms in total.